The van der Waals surface area contributed by atoms with Gasteiger partial charge in [-0.15, -0.1) is 0 Å². The second-order valence-electron chi connectivity index (χ2n) is 7.09. The van der Waals surface area contributed by atoms with Gasteiger partial charge in [0.05, 0.1) is 0 Å². The summed E-state index contributed by atoms with van der Waals surface area (Å²) >= 11 is 0. The molecule has 1 aromatic rings. The fourth-order valence-electron chi connectivity index (χ4n) is 2.69. The number of hydrogen-bond acceptors (Lipinski definition) is 3. The summed E-state index contributed by atoms with van der Waals surface area (Å²) in [6.07, 6.45) is 2.99. The summed E-state index contributed by atoms with van der Waals surface area (Å²) in [6.45, 7) is 10.3. The molecule has 3 heteroatoms. The Bertz CT molecular complexity index is 382. The van der Waals surface area contributed by atoms with Gasteiger partial charge in [0.1, 0.15) is 5.82 Å². The van der Waals surface area contributed by atoms with Crippen LogP contribution in [0.4, 0.5) is 5.82 Å². The van der Waals surface area contributed by atoms with Crippen LogP contribution < -0.4 is 4.90 Å². The Morgan fingerprint density at radius 2 is 1.68 bits per heavy atom. The van der Waals surface area contributed by atoms with Crippen molar-refractivity contribution in [2.45, 2.75) is 39.7 Å². The van der Waals surface area contributed by atoms with Crippen molar-refractivity contribution in [3.63, 3.8) is 0 Å². The lowest BCUT2D eigenvalue weighted by Gasteiger charge is -2.41. The zero-order chi connectivity index (χ0) is 14.7. The molecule has 0 amide bonds. The van der Waals surface area contributed by atoms with Crippen LogP contribution in [0.2, 0.25) is 0 Å². The maximum absolute atomic E-state index is 4.41. The van der Waals surface area contributed by atoms with Crippen molar-refractivity contribution in [1.29, 1.82) is 0 Å². The lowest BCUT2D eigenvalue weighted by molar-refractivity contribution is 0.124. The van der Waals surface area contributed by atoms with E-state index in [1.54, 1.807) is 0 Å². The Balaban J connectivity index is 2.69. The van der Waals surface area contributed by atoms with Crippen molar-refractivity contribution in [2.24, 2.45) is 5.41 Å². The van der Waals surface area contributed by atoms with Gasteiger partial charge >= 0.3 is 0 Å². The van der Waals surface area contributed by atoms with Crippen molar-refractivity contribution in [3.8, 4) is 0 Å². The van der Waals surface area contributed by atoms with Crippen LogP contribution in [0, 0.1) is 5.41 Å². The standard InChI is InChI=1S/C16H29N3/c1-15(2,12-16(3,4)18(5)6)13-19(7)14-10-8-9-11-17-14/h8-11H,12-13H2,1-7H3. The molecule has 0 spiro atoms. The molecule has 0 saturated heterocycles. The van der Waals surface area contributed by atoms with Gasteiger partial charge in [0.2, 0.25) is 0 Å². The Morgan fingerprint density at radius 3 is 2.16 bits per heavy atom. The van der Waals surface area contributed by atoms with Crippen LogP contribution in [0.5, 0.6) is 0 Å². The Labute approximate surface area is 118 Å². The molecule has 1 aromatic heterocycles. The second-order valence-corrected chi connectivity index (χ2v) is 7.09. The topological polar surface area (TPSA) is 19.4 Å². The molecule has 108 valence electrons. The summed E-state index contributed by atoms with van der Waals surface area (Å²) in [5.41, 5.74) is 0.439. The Morgan fingerprint density at radius 1 is 1.05 bits per heavy atom. The summed E-state index contributed by atoms with van der Waals surface area (Å²) < 4.78 is 0. The van der Waals surface area contributed by atoms with E-state index >= 15 is 0 Å². The first-order valence-corrected chi connectivity index (χ1v) is 6.94. The number of rotatable bonds is 6. The molecule has 0 aliphatic heterocycles. The van der Waals surface area contributed by atoms with Crippen LogP contribution in [0.25, 0.3) is 0 Å². The Hall–Kier alpha value is -1.09. The van der Waals surface area contributed by atoms with E-state index < -0.39 is 0 Å². The molecule has 0 aliphatic rings. The molecule has 0 radical (unpaired) electrons. The molecular weight excluding hydrogens is 234 g/mol. The second kappa shape index (κ2) is 5.91. The summed E-state index contributed by atoms with van der Waals surface area (Å²) in [5, 5.41) is 0. The van der Waals surface area contributed by atoms with E-state index in [0.29, 0.717) is 0 Å². The molecule has 0 N–H and O–H groups in total. The molecule has 3 nitrogen and oxygen atoms in total. The lowest BCUT2D eigenvalue weighted by Crippen LogP contribution is -2.45. The van der Waals surface area contributed by atoms with Gasteiger partial charge in [0.15, 0.2) is 0 Å². The van der Waals surface area contributed by atoms with Crippen LogP contribution in [0.1, 0.15) is 34.1 Å². The average molecular weight is 263 g/mol. The van der Waals surface area contributed by atoms with Gasteiger partial charge in [-0.1, -0.05) is 19.9 Å². The molecule has 0 unspecified atom stereocenters. The first kappa shape index (κ1) is 16.0. The number of pyridine rings is 1. The van der Waals surface area contributed by atoms with Gasteiger partial charge in [0, 0.05) is 25.3 Å². The highest BCUT2D eigenvalue weighted by Gasteiger charge is 2.31. The van der Waals surface area contributed by atoms with E-state index in [2.05, 4.69) is 69.7 Å². The van der Waals surface area contributed by atoms with Crippen molar-refractivity contribution < 1.29 is 0 Å². The van der Waals surface area contributed by atoms with Crippen molar-refractivity contribution in [1.82, 2.24) is 9.88 Å². The van der Waals surface area contributed by atoms with E-state index in [0.717, 1.165) is 18.8 Å². The summed E-state index contributed by atoms with van der Waals surface area (Å²) in [4.78, 5) is 8.95. The quantitative estimate of drug-likeness (QED) is 0.785. The van der Waals surface area contributed by atoms with E-state index in [-0.39, 0.29) is 11.0 Å². The lowest BCUT2D eigenvalue weighted by atomic mass is 9.79. The van der Waals surface area contributed by atoms with E-state index in [9.17, 15) is 0 Å². The van der Waals surface area contributed by atoms with Gasteiger partial charge < -0.3 is 9.80 Å². The molecule has 0 aromatic carbocycles. The van der Waals surface area contributed by atoms with Gasteiger partial charge in [-0.3, -0.25) is 0 Å². The number of hydrogen-bond donors (Lipinski definition) is 0. The zero-order valence-electron chi connectivity index (χ0n) is 13.6. The summed E-state index contributed by atoms with van der Waals surface area (Å²) in [5.74, 6) is 1.04. The van der Waals surface area contributed by atoms with Crippen molar-refractivity contribution in [2.75, 3.05) is 32.6 Å². The molecule has 0 fully saturated rings. The summed E-state index contributed by atoms with van der Waals surface area (Å²) in [7, 11) is 6.42. The maximum atomic E-state index is 4.41. The molecule has 0 bridgehead atoms. The smallest absolute Gasteiger partial charge is 0.128 e. The third-order valence-corrected chi connectivity index (χ3v) is 3.83. The van der Waals surface area contributed by atoms with Crippen LogP contribution >= 0.6 is 0 Å². The first-order chi connectivity index (χ1) is 8.64. The van der Waals surface area contributed by atoms with Crippen LogP contribution in [0.3, 0.4) is 0 Å². The van der Waals surface area contributed by atoms with E-state index in [1.807, 2.05) is 18.3 Å². The van der Waals surface area contributed by atoms with Crippen molar-refractivity contribution >= 4 is 5.82 Å². The molecule has 0 aliphatic carbocycles. The highest BCUT2D eigenvalue weighted by Crippen LogP contribution is 2.31. The third kappa shape index (κ3) is 4.83. The van der Waals surface area contributed by atoms with Gasteiger partial charge in [-0.25, -0.2) is 4.98 Å². The van der Waals surface area contributed by atoms with Crippen LogP contribution in [0.15, 0.2) is 24.4 Å². The molecular formula is C16H29N3. The first-order valence-electron chi connectivity index (χ1n) is 6.94. The molecule has 1 heterocycles. The highest BCUT2D eigenvalue weighted by atomic mass is 15.2. The van der Waals surface area contributed by atoms with Gasteiger partial charge in [-0.2, -0.15) is 0 Å². The van der Waals surface area contributed by atoms with Crippen molar-refractivity contribution in [3.05, 3.63) is 24.4 Å². The van der Waals surface area contributed by atoms with Gasteiger partial charge in [-0.05, 0) is 51.9 Å². The highest BCUT2D eigenvalue weighted by molar-refractivity contribution is 5.36. The fraction of sp³-hybridized carbons (Fsp3) is 0.688. The minimum absolute atomic E-state index is 0.203. The average Bonchev–Trinajstić information content (AvgIpc) is 2.27. The minimum atomic E-state index is 0.203. The monoisotopic (exact) mass is 263 g/mol. The van der Waals surface area contributed by atoms with Crippen LogP contribution in [-0.4, -0.2) is 43.1 Å². The molecule has 1 rings (SSSR count). The maximum Gasteiger partial charge on any atom is 0.128 e. The van der Waals surface area contributed by atoms with E-state index in [1.165, 1.54) is 0 Å². The zero-order valence-corrected chi connectivity index (χ0v) is 13.6. The fourth-order valence-corrected chi connectivity index (χ4v) is 2.69. The van der Waals surface area contributed by atoms with Gasteiger partial charge in [0.25, 0.3) is 0 Å². The van der Waals surface area contributed by atoms with Crippen LogP contribution in [-0.2, 0) is 0 Å². The number of aromatic nitrogens is 1. The molecule has 0 atom stereocenters. The number of nitrogens with zero attached hydrogens (tertiary/aromatic N) is 3. The number of anilines is 1. The third-order valence-electron chi connectivity index (χ3n) is 3.83. The van der Waals surface area contributed by atoms with E-state index in [4.69, 9.17) is 0 Å². The summed E-state index contributed by atoms with van der Waals surface area (Å²) in [6, 6.07) is 6.06. The molecule has 19 heavy (non-hydrogen) atoms. The Kier molecular flexibility index (Phi) is 4.97. The predicted octanol–water partition coefficient (Wildman–Crippen LogP) is 3.27. The SMILES string of the molecule is CN(CC(C)(C)CC(C)(C)N(C)C)c1ccccn1. The molecule has 0 saturated carbocycles. The minimum Gasteiger partial charge on any atom is -0.359 e. The largest absolute Gasteiger partial charge is 0.359 e. The predicted molar refractivity (Wildman–Crippen MR) is 83.7 cm³/mol. The normalized spacial score (nSPS) is 12.8.